The van der Waals surface area contributed by atoms with Crippen LogP contribution < -0.4 is 16.0 Å². The Morgan fingerprint density at radius 1 is 1.61 bits per heavy atom. The molecule has 0 aliphatic carbocycles. The molecule has 128 valence electrons. The van der Waals surface area contributed by atoms with E-state index in [-0.39, 0.29) is 24.8 Å². The summed E-state index contributed by atoms with van der Waals surface area (Å²) in [5.74, 6) is 0.568. The number of amides is 1. The van der Waals surface area contributed by atoms with Crippen LogP contribution in [0.3, 0.4) is 0 Å². The number of nitrogens with two attached hydrogens (primary N) is 1. The van der Waals surface area contributed by atoms with Gasteiger partial charge in [0.2, 0.25) is 6.41 Å². The van der Waals surface area contributed by atoms with Crippen molar-refractivity contribution in [3.05, 3.63) is 6.33 Å². The lowest BCUT2D eigenvalue weighted by atomic mass is 10.2. The summed E-state index contributed by atoms with van der Waals surface area (Å²) in [5, 5.41) is 2.48. The molecule has 5 N–H and O–H groups in total. The van der Waals surface area contributed by atoms with Crippen molar-refractivity contribution in [2.75, 3.05) is 29.6 Å². The first-order valence-corrected chi connectivity index (χ1v) is 9.33. The van der Waals surface area contributed by atoms with Crippen LogP contribution in [0.1, 0.15) is 12.8 Å². The number of anilines is 3. The maximum atomic E-state index is 10.7. The quantitative estimate of drug-likeness (QED) is 0.379. The zero-order valence-corrected chi connectivity index (χ0v) is 14.0. The van der Waals surface area contributed by atoms with E-state index >= 15 is 0 Å². The average Bonchev–Trinajstić information content (AvgIpc) is 2.95. The molecule has 0 radical (unpaired) electrons. The van der Waals surface area contributed by atoms with Crippen LogP contribution in [0.4, 0.5) is 17.3 Å². The number of rotatable bonds is 7. The summed E-state index contributed by atoms with van der Waals surface area (Å²) < 4.78 is 10.6. The molecule has 12 heteroatoms. The standard InChI is InChI=1S/C11H18N5O5PS/c1-16(11-9(15-6-17)10(12)13-5-14-11)8-3-2-7(21-8)4-20-22(18,19)23/h5-8H,2-4H2,1H3,(H,15,17)(H2,12,13,14)(H2,18,19,23)/t7?,8-/m1/s1. The number of hydrogen-bond donors (Lipinski definition) is 4. The molecule has 23 heavy (non-hydrogen) atoms. The largest absolute Gasteiger partial charge is 0.382 e. The lowest BCUT2D eigenvalue weighted by Crippen LogP contribution is -2.33. The molecule has 1 aromatic heterocycles. The number of carbonyl (C=O) groups is 1. The van der Waals surface area contributed by atoms with Gasteiger partial charge in [-0.2, -0.15) is 0 Å². The van der Waals surface area contributed by atoms with Crippen LogP contribution in [0.25, 0.3) is 0 Å². The monoisotopic (exact) mass is 363 g/mol. The first-order chi connectivity index (χ1) is 10.8. The zero-order chi connectivity index (χ0) is 17.0. The number of nitrogen functional groups attached to an aromatic ring is 1. The molecular weight excluding hydrogens is 345 g/mol. The van der Waals surface area contributed by atoms with Gasteiger partial charge in [0.25, 0.3) is 0 Å². The fourth-order valence-electron chi connectivity index (χ4n) is 2.27. The van der Waals surface area contributed by atoms with Crippen LogP contribution in [-0.2, 0) is 25.9 Å². The van der Waals surface area contributed by atoms with Crippen LogP contribution >= 0.6 is 6.72 Å². The molecule has 0 bridgehead atoms. The first kappa shape index (κ1) is 18.0. The Bertz CT molecular complexity index is 614. The van der Waals surface area contributed by atoms with E-state index in [0.717, 1.165) is 0 Å². The number of aromatic nitrogens is 2. The number of nitrogens with one attached hydrogen (secondary N) is 1. The van der Waals surface area contributed by atoms with Crippen molar-refractivity contribution >= 4 is 42.3 Å². The van der Waals surface area contributed by atoms with Crippen molar-refractivity contribution in [1.29, 1.82) is 0 Å². The lowest BCUT2D eigenvalue weighted by Gasteiger charge is -2.27. The van der Waals surface area contributed by atoms with Crippen LogP contribution in [0, 0.1) is 0 Å². The minimum absolute atomic E-state index is 0.0000244. The SMILES string of the molecule is CN(c1ncnc(N)c1NC=O)[C@H]1CCC(COP(O)(O)=S)O1. The molecule has 1 unspecified atom stereocenters. The van der Waals surface area contributed by atoms with Gasteiger partial charge in [0.05, 0.1) is 12.7 Å². The van der Waals surface area contributed by atoms with Crippen LogP contribution in [0.5, 0.6) is 0 Å². The van der Waals surface area contributed by atoms with E-state index in [0.29, 0.717) is 30.8 Å². The molecule has 1 aliphatic rings. The van der Waals surface area contributed by atoms with E-state index in [9.17, 15) is 4.79 Å². The highest BCUT2D eigenvalue weighted by atomic mass is 32.5. The summed E-state index contributed by atoms with van der Waals surface area (Å²) in [6.07, 6.45) is 2.45. The molecular formula is C11H18N5O5PS. The van der Waals surface area contributed by atoms with E-state index in [1.807, 2.05) is 0 Å². The molecule has 2 atom stereocenters. The van der Waals surface area contributed by atoms with Gasteiger partial charge in [0.1, 0.15) is 18.2 Å². The second kappa shape index (κ2) is 7.47. The van der Waals surface area contributed by atoms with Crippen LogP contribution in [0.2, 0.25) is 0 Å². The molecule has 10 nitrogen and oxygen atoms in total. The summed E-state index contributed by atoms with van der Waals surface area (Å²) in [5.41, 5.74) is 6.04. The molecule has 1 amide bonds. The zero-order valence-electron chi connectivity index (χ0n) is 12.3. The Hall–Kier alpha value is -1.36. The van der Waals surface area contributed by atoms with Crippen molar-refractivity contribution in [3.8, 4) is 0 Å². The first-order valence-electron chi connectivity index (χ1n) is 6.71. The molecule has 0 aromatic carbocycles. The van der Waals surface area contributed by atoms with E-state index in [4.69, 9.17) is 24.8 Å². The normalized spacial score (nSPS) is 21.2. The molecule has 1 saturated heterocycles. The molecule has 0 saturated carbocycles. The second-order valence-electron chi connectivity index (χ2n) is 4.91. The highest BCUT2D eigenvalue weighted by molar-refractivity contribution is 8.06. The predicted octanol–water partition coefficient (Wildman–Crippen LogP) is -0.206. The maximum absolute atomic E-state index is 10.7. The molecule has 2 heterocycles. The minimum Gasteiger partial charge on any atom is -0.382 e. The van der Waals surface area contributed by atoms with Gasteiger partial charge in [0.15, 0.2) is 11.6 Å². The van der Waals surface area contributed by atoms with Gasteiger partial charge < -0.3 is 35.0 Å². The van der Waals surface area contributed by atoms with Crippen molar-refractivity contribution in [3.63, 3.8) is 0 Å². The van der Waals surface area contributed by atoms with Gasteiger partial charge >= 0.3 is 6.72 Å². The highest BCUT2D eigenvalue weighted by Gasteiger charge is 2.31. The molecule has 1 fully saturated rings. The Kier molecular flexibility index (Phi) is 5.84. The van der Waals surface area contributed by atoms with Gasteiger partial charge in [-0.1, -0.05) is 0 Å². The molecule has 2 rings (SSSR count). The average molecular weight is 363 g/mol. The fourth-order valence-corrected chi connectivity index (χ4v) is 2.81. The molecule has 1 aromatic rings. The van der Waals surface area contributed by atoms with E-state index < -0.39 is 6.72 Å². The van der Waals surface area contributed by atoms with Crippen LogP contribution in [-0.4, -0.2) is 52.2 Å². The fraction of sp³-hybridized carbons (Fsp3) is 0.545. The predicted molar refractivity (Wildman–Crippen MR) is 87.1 cm³/mol. The topological polar surface area (TPSA) is 143 Å². The second-order valence-corrected chi connectivity index (χ2v) is 7.57. The third-order valence-corrected chi connectivity index (χ3v) is 4.14. The smallest absolute Gasteiger partial charge is 0.321 e. The van der Waals surface area contributed by atoms with E-state index in [2.05, 4.69) is 27.1 Å². The van der Waals surface area contributed by atoms with E-state index in [1.165, 1.54) is 6.33 Å². The van der Waals surface area contributed by atoms with Crippen molar-refractivity contribution in [1.82, 2.24) is 9.97 Å². The number of carbonyl (C=O) groups excluding carboxylic acids is 1. The summed E-state index contributed by atoms with van der Waals surface area (Å²) in [4.78, 5) is 38.5. The summed E-state index contributed by atoms with van der Waals surface area (Å²) >= 11 is 4.40. The van der Waals surface area contributed by atoms with E-state index in [1.54, 1.807) is 11.9 Å². The molecule has 0 spiro atoms. The summed E-state index contributed by atoms with van der Waals surface area (Å²) in [7, 11) is 1.74. The highest BCUT2D eigenvalue weighted by Crippen LogP contribution is 2.38. The number of nitrogens with zero attached hydrogens (tertiary/aromatic N) is 3. The van der Waals surface area contributed by atoms with Crippen molar-refractivity contribution < 1.29 is 23.8 Å². The summed E-state index contributed by atoms with van der Waals surface area (Å²) in [6, 6.07) is 0. The number of ether oxygens (including phenoxy) is 1. The Balaban J connectivity index is 2.05. The minimum atomic E-state index is -3.69. The van der Waals surface area contributed by atoms with Crippen LogP contribution in [0.15, 0.2) is 6.33 Å². The Morgan fingerprint density at radius 2 is 2.35 bits per heavy atom. The van der Waals surface area contributed by atoms with Gasteiger partial charge in [-0.25, -0.2) is 9.97 Å². The van der Waals surface area contributed by atoms with Crippen molar-refractivity contribution in [2.24, 2.45) is 0 Å². The van der Waals surface area contributed by atoms with Gasteiger partial charge in [-0.05, 0) is 24.6 Å². The van der Waals surface area contributed by atoms with Gasteiger partial charge in [-0.15, -0.1) is 0 Å². The molecule has 1 aliphatic heterocycles. The third-order valence-electron chi connectivity index (χ3n) is 3.34. The Morgan fingerprint density at radius 3 is 3.00 bits per heavy atom. The third kappa shape index (κ3) is 4.80. The van der Waals surface area contributed by atoms with Crippen molar-refractivity contribution in [2.45, 2.75) is 25.2 Å². The maximum Gasteiger partial charge on any atom is 0.321 e. The van der Waals surface area contributed by atoms with Gasteiger partial charge in [-0.3, -0.25) is 4.79 Å². The summed E-state index contributed by atoms with van der Waals surface area (Å²) in [6.45, 7) is -3.69. The lowest BCUT2D eigenvalue weighted by molar-refractivity contribution is -0.105. The Labute approximate surface area is 137 Å². The number of hydrogen-bond acceptors (Lipinski definition) is 8. The van der Waals surface area contributed by atoms with Gasteiger partial charge in [0, 0.05) is 7.05 Å².